The minimum atomic E-state index is -3.86. The maximum absolute atomic E-state index is 13.0. The molecule has 0 aliphatic carbocycles. The number of hydrogen-bond donors (Lipinski definition) is 2. The molecule has 0 fully saturated rings. The number of nitrogens with two attached hydrogens (primary N) is 1. The number of anilines is 1. The van der Waals surface area contributed by atoms with Crippen molar-refractivity contribution < 1.29 is 12.8 Å². The third-order valence-corrected chi connectivity index (χ3v) is 4.44. The lowest BCUT2D eigenvalue weighted by molar-refractivity contribution is 0.595. The van der Waals surface area contributed by atoms with Crippen LogP contribution < -0.4 is 10.5 Å². The Kier molecular flexibility index (Phi) is 4.34. The molecule has 0 saturated carbocycles. The van der Waals surface area contributed by atoms with Crippen LogP contribution in [0.5, 0.6) is 0 Å². The van der Waals surface area contributed by atoms with Gasteiger partial charge in [-0.1, -0.05) is 29.2 Å². The first-order chi connectivity index (χ1) is 9.51. The van der Waals surface area contributed by atoms with Gasteiger partial charge in [0.25, 0.3) is 10.0 Å². The lowest BCUT2D eigenvalue weighted by Crippen LogP contribution is -2.12. The van der Waals surface area contributed by atoms with E-state index in [-0.39, 0.29) is 16.6 Å². The molecule has 0 aliphatic heterocycles. The van der Waals surface area contributed by atoms with Crippen molar-refractivity contribution in [2.24, 2.45) is 5.73 Å². The first-order valence-corrected chi connectivity index (χ1v) is 7.74. The van der Waals surface area contributed by atoms with E-state index in [0.717, 1.165) is 17.4 Å². The molecule has 104 valence electrons. The van der Waals surface area contributed by atoms with Crippen molar-refractivity contribution in [3.05, 3.63) is 41.2 Å². The first-order valence-electron chi connectivity index (χ1n) is 5.44. The fourth-order valence-corrected chi connectivity index (χ4v) is 3.29. The standard InChI is InChI=1S/C12H10FN3O2S2/c13-9-3-1-5-11(7-9)20(17,18)16-12-15-8-10(19-12)4-2-6-14/h1,3,5,7-8H,6,14H2,(H,15,16). The smallest absolute Gasteiger partial charge is 0.263 e. The highest BCUT2D eigenvalue weighted by Crippen LogP contribution is 2.21. The van der Waals surface area contributed by atoms with Gasteiger partial charge in [-0.25, -0.2) is 17.8 Å². The van der Waals surface area contributed by atoms with Gasteiger partial charge in [0, 0.05) is 0 Å². The van der Waals surface area contributed by atoms with E-state index >= 15 is 0 Å². The van der Waals surface area contributed by atoms with Crippen LogP contribution in [0.2, 0.25) is 0 Å². The Hall–Kier alpha value is -1.95. The molecule has 3 N–H and O–H groups in total. The van der Waals surface area contributed by atoms with Crippen molar-refractivity contribution in [1.29, 1.82) is 0 Å². The van der Waals surface area contributed by atoms with Gasteiger partial charge in [-0.2, -0.15) is 0 Å². The molecule has 1 aromatic carbocycles. The molecular weight excluding hydrogens is 301 g/mol. The van der Waals surface area contributed by atoms with Gasteiger partial charge in [0.2, 0.25) is 0 Å². The molecule has 0 spiro atoms. The number of rotatable bonds is 3. The molecule has 0 unspecified atom stereocenters. The van der Waals surface area contributed by atoms with Crippen LogP contribution in [0.1, 0.15) is 4.88 Å². The average molecular weight is 311 g/mol. The maximum atomic E-state index is 13.0. The van der Waals surface area contributed by atoms with E-state index in [4.69, 9.17) is 5.73 Å². The molecule has 0 aliphatic rings. The lowest BCUT2D eigenvalue weighted by atomic mass is 10.4. The third kappa shape index (κ3) is 3.54. The monoisotopic (exact) mass is 311 g/mol. The van der Waals surface area contributed by atoms with Crippen LogP contribution in [-0.2, 0) is 10.0 Å². The van der Waals surface area contributed by atoms with Crippen molar-refractivity contribution in [3.63, 3.8) is 0 Å². The van der Waals surface area contributed by atoms with E-state index in [2.05, 4.69) is 21.5 Å². The topological polar surface area (TPSA) is 85.1 Å². The molecular formula is C12H10FN3O2S2. The van der Waals surface area contributed by atoms with E-state index in [1.165, 1.54) is 24.4 Å². The first kappa shape index (κ1) is 14.5. The predicted octanol–water partition coefficient (Wildman–Crippen LogP) is 1.39. The summed E-state index contributed by atoms with van der Waals surface area (Å²) in [6.45, 7) is 0.211. The molecule has 8 heteroatoms. The maximum Gasteiger partial charge on any atom is 0.263 e. The minimum absolute atomic E-state index is 0.163. The highest BCUT2D eigenvalue weighted by atomic mass is 32.2. The van der Waals surface area contributed by atoms with E-state index in [1.54, 1.807) is 0 Å². The molecule has 0 radical (unpaired) electrons. The molecule has 5 nitrogen and oxygen atoms in total. The Morgan fingerprint density at radius 2 is 2.25 bits per heavy atom. The van der Waals surface area contributed by atoms with Gasteiger partial charge in [-0.05, 0) is 18.2 Å². The van der Waals surface area contributed by atoms with Gasteiger partial charge in [-0.3, -0.25) is 4.72 Å². The van der Waals surface area contributed by atoms with Gasteiger partial charge in [0.15, 0.2) is 5.13 Å². The van der Waals surface area contributed by atoms with E-state index in [0.29, 0.717) is 4.88 Å². The normalized spacial score (nSPS) is 10.7. The van der Waals surface area contributed by atoms with Crippen LogP contribution in [0.4, 0.5) is 9.52 Å². The Balaban J connectivity index is 2.22. The Bertz CT molecular complexity index is 775. The summed E-state index contributed by atoms with van der Waals surface area (Å²) in [6, 6.07) is 4.73. The summed E-state index contributed by atoms with van der Waals surface area (Å²) >= 11 is 1.07. The summed E-state index contributed by atoms with van der Waals surface area (Å²) in [4.78, 5) is 4.32. The Morgan fingerprint density at radius 3 is 2.95 bits per heavy atom. The van der Waals surface area contributed by atoms with Crippen LogP contribution in [0.25, 0.3) is 0 Å². The number of sulfonamides is 1. The SMILES string of the molecule is NCC#Cc1cnc(NS(=O)(=O)c2cccc(F)c2)s1. The van der Waals surface area contributed by atoms with Crippen LogP contribution in [0, 0.1) is 17.7 Å². The van der Waals surface area contributed by atoms with Crippen molar-refractivity contribution in [2.45, 2.75) is 4.90 Å². The fraction of sp³-hybridized carbons (Fsp3) is 0.0833. The molecule has 20 heavy (non-hydrogen) atoms. The molecule has 0 atom stereocenters. The second-order valence-electron chi connectivity index (χ2n) is 3.60. The molecule has 2 aromatic rings. The zero-order valence-corrected chi connectivity index (χ0v) is 11.8. The zero-order valence-electron chi connectivity index (χ0n) is 10.1. The lowest BCUT2D eigenvalue weighted by Gasteiger charge is -2.04. The van der Waals surface area contributed by atoms with Crippen molar-refractivity contribution in [2.75, 3.05) is 11.3 Å². The fourth-order valence-electron chi connectivity index (χ4n) is 1.33. The highest BCUT2D eigenvalue weighted by Gasteiger charge is 2.16. The Morgan fingerprint density at radius 1 is 1.45 bits per heavy atom. The largest absolute Gasteiger partial charge is 0.320 e. The number of halogens is 1. The van der Waals surface area contributed by atoms with Crippen LogP contribution in [-0.4, -0.2) is 19.9 Å². The average Bonchev–Trinajstić information content (AvgIpc) is 2.83. The van der Waals surface area contributed by atoms with E-state index < -0.39 is 15.8 Å². The van der Waals surface area contributed by atoms with Gasteiger partial charge in [0.1, 0.15) is 5.82 Å². The highest BCUT2D eigenvalue weighted by molar-refractivity contribution is 7.93. The molecule has 0 bridgehead atoms. The number of hydrogen-bond acceptors (Lipinski definition) is 5. The molecule has 1 heterocycles. The molecule has 1 aromatic heterocycles. The van der Waals surface area contributed by atoms with Crippen LogP contribution in [0.15, 0.2) is 35.4 Å². The number of thiazole rings is 1. The van der Waals surface area contributed by atoms with Gasteiger partial charge >= 0.3 is 0 Å². The van der Waals surface area contributed by atoms with Crippen molar-refractivity contribution >= 4 is 26.5 Å². The summed E-state index contributed by atoms with van der Waals surface area (Å²) in [7, 11) is -3.86. The third-order valence-electron chi connectivity index (χ3n) is 2.15. The number of nitrogens with one attached hydrogen (secondary N) is 1. The summed E-state index contributed by atoms with van der Waals surface area (Å²) in [5.74, 6) is 4.76. The summed E-state index contributed by atoms with van der Waals surface area (Å²) < 4.78 is 39.3. The second kappa shape index (κ2) is 6.00. The zero-order chi connectivity index (χ0) is 14.6. The molecule has 0 amide bonds. The molecule has 2 rings (SSSR count). The second-order valence-corrected chi connectivity index (χ2v) is 6.31. The summed E-state index contributed by atoms with van der Waals surface area (Å²) in [5, 5.41) is 0.163. The van der Waals surface area contributed by atoms with Crippen molar-refractivity contribution in [3.8, 4) is 11.8 Å². The minimum Gasteiger partial charge on any atom is -0.320 e. The van der Waals surface area contributed by atoms with E-state index in [1.807, 2.05) is 0 Å². The molecule has 0 saturated heterocycles. The summed E-state index contributed by atoms with van der Waals surface area (Å²) in [6.07, 6.45) is 1.44. The van der Waals surface area contributed by atoms with Crippen molar-refractivity contribution in [1.82, 2.24) is 4.98 Å². The van der Waals surface area contributed by atoms with Gasteiger partial charge in [-0.15, -0.1) is 0 Å². The Labute approximate surface area is 119 Å². The number of aromatic nitrogens is 1. The predicted molar refractivity (Wildman–Crippen MR) is 75.3 cm³/mol. The van der Waals surface area contributed by atoms with Crippen LogP contribution >= 0.6 is 11.3 Å². The number of nitrogens with zero attached hydrogens (tertiary/aromatic N) is 1. The summed E-state index contributed by atoms with van der Waals surface area (Å²) in [5.41, 5.74) is 5.24. The van der Waals surface area contributed by atoms with Gasteiger partial charge in [0.05, 0.1) is 22.5 Å². The van der Waals surface area contributed by atoms with E-state index in [9.17, 15) is 12.8 Å². The van der Waals surface area contributed by atoms with Gasteiger partial charge < -0.3 is 5.73 Å². The van der Waals surface area contributed by atoms with Crippen LogP contribution in [0.3, 0.4) is 0 Å². The quantitative estimate of drug-likeness (QED) is 0.839. The number of benzene rings is 1.